The summed E-state index contributed by atoms with van der Waals surface area (Å²) in [4.78, 5) is 20.9. The van der Waals surface area contributed by atoms with Gasteiger partial charge in [-0.2, -0.15) is 0 Å². The van der Waals surface area contributed by atoms with Crippen LogP contribution >= 0.6 is 0 Å². The molecule has 1 aromatic rings. The molecular formula is C9H9NO5. The normalized spacial score (nSPS) is 11.9. The van der Waals surface area contributed by atoms with Crippen LogP contribution in [0.3, 0.4) is 0 Å². The van der Waals surface area contributed by atoms with E-state index >= 15 is 0 Å². The van der Waals surface area contributed by atoms with Gasteiger partial charge in [0, 0.05) is 6.07 Å². The summed E-state index contributed by atoms with van der Waals surface area (Å²) in [6, 6.07) is 5.46. The fourth-order valence-corrected chi connectivity index (χ4v) is 1.12. The summed E-state index contributed by atoms with van der Waals surface area (Å²) in [5.41, 5.74) is -0.384. The summed E-state index contributed by atoms with van der Waals surface area (Å²) in [5.74, 6) is -0.927. The predicted octanol–water partition coefficient (Wildman–Crippen LogP) is 0.801. The Hall–Kier alpha value is -1.95. The van der Waals surface area contributed by atoms with Gasteiger partial charge in [0.1, 0.15) is 0 Å². The number of benzene rings is 1. The lowest BCUT2D eigenvalue weighted by Gasteiger charge is -2.08. The highest BCUT2D eigenvalue weighted by Crippen LogP contribution is 2.25. The van der Waals surface area contributed by atoms with Crippen molar-refractivity contribution in [3.8, 4) is 0 Å². The highest BCUT2D eigenvalue weighted by atomic mass is 16.6. The first kappa shape index (κ1) is 11.1. The van der Waals surface area contributed by atoms with Crippen LogP contribution in [0.2, 0.25) is 0 Å². The SMILES string of the molecule is COC(=O)[C@H](O)c1ccccc1[N+](=O)[O-]. The zero-order valence-corrected chi connectivity index (χ0v) is 7.91. The average Bonchev–Trinajstić information content (AvgIpc) is 2.27. The minimum Gasteiger partial charge on any atom is -0.467 e. The van der Waals surface area contributed by atoms with Crippen LogP contribution in [0.25, 0.3) is 0 Å². The van der Waals surface area contributed by atoms with Crippen molar-refractivity contribution in [3.05, 3.63) is 39.9 Å². The highest BCUT2D eigenvalue weighted by molar-refractivity contribution is 5.77. The number of aliphatic hydroxyl groups is 1. The van der Waals surface area contributed by atoms with Crippen LogP contribution in [0.15, 0.2) is 24.3 Å². The largest absolute Gasteiger partial charge is 0.467 e. The van der Waals surface area contributed by atoms with Crippen LogP contribution in [0.5, 0.6) is 0 Å². The summed E-state index contributed by atoms with van der Waals surface area (Å²) in [6.45, 7) is 0. The van der Waals surface area contributed by atoms with Gasteiger partial charge in [0.2, 0.25) is 0 Å². The number of carbonyl (C=O) groups excluding carboxylic acids is 1. The highest BCUT2D eigenvalue weighted by Gasteiger charge is 2.25. The lowest BCUT2D eigenvalue weighted by atomic mass is 10.1. The second kappa shape index (κ2) is 4.52. The molecule has 0 unspecified atom stereocenters. The van der Waals surface area contributed by atoms with Gasteiger partial charge in [-0.05, 0) is 6.07 Å². The summed E-state index contributed by atoms with van der Waals surface area (Å²) in [5, 5.41) is 20.0. The zero-order chi connectivity index (χ0) is 11.4. The van der Waals surface area contributed by atoms with Gasteiger partial charge in [0.25, 0.3) is 5.69 Å². The van der Waals surface area contributed by atoms with Crippen LogP contribution in [0, 0.1) is 10.1 Å². The molecule has 0 saturated carbocycles. The van der Waals surface area contributed by atoms with Gasteiger partial charge < -0.3 is 9.84 Å². The van der Waals surface area contributed by atoms with E-state index in [1.807, 2.05) is 0 Å². The maximum atomic E-state index is 11.0. The van der Waals surface area contributed by atoms with Crippen LogP contribution < -0.4 is 0 Å². The van der Waals surface area contributed by atoms with Crippen molar-refractivity contribution in [2.24, 2.45) is 0 Å². The van der Waals surface area contributed by atoms with Crippen molar-refractivity contribution in [2.45, 2.75) is 6.10 Å². The van der Waals surface area contributed by atoms with Crippen molar-refractivity contribution < 1.29 is 19.6 Å². The molecule has 0 bridgehead atoms. The van der Waals surface area contributed by atoms with E-state index in [-0.39, 0.29) is 11.3 Å². The van der Waals surface area contributed by atoms with Gasteiger partial charge in [-0.3, -0.25) is 10.1 Å². The number of para-hydroxylation sites is 1. The monoisotopic (exact) mass is 211 g/mol. The van der Waals surface area contributed by atoms with Crippen LogP contribution in [0.4, 0.5) is 5.69 Å². The number of hydrogen-bond acceptors (Lipinski definition) is 5. The number of nitro benzene ring substituents is 1. The number of hydrogen-bond donors (Lipinski definition) is 1. The lowest BCUT2D eigenvalue weighted by molar-refractivity contribution is -0.386. The van der Waals surface area contributed by atoms with Gasteiger partial charge >= 0.3 is 5.97 Å². The van der Waals surface area contributed by atoms with E-state index in [0.717, 1.165) is 7.11 Å². The number of ether oxygens (including phenoxy) is 1. The Kier molecular flexibility index (Phi) is 3.35. The molecule has 0 fully saturated rings. The van der Waals surface area contributed by atoms with E-state index in [0.29, 0.717) is 0 Å². The summed E-state index contributed by atoms with van der Waals surface area (Å²) >= 11 is 0. The van der Waals surface area contributed by atoms with Crippen molar-refractivity contribution in [1.82, 2.24) is 0 Å². The Labute approximate surface area is 85.2 Å². The standard InChI is InChI=1S/C9H9NO5/c1-15-9(12)8(11)6-4-2-3-5-7(6)10(13)14/h2-5,8,11H,1H3/t8-/m1/s1. The number of carbonyl (C=O) groups is 1. The molecule has 0 aliphatic rings. The Morgan fingerprint density at radius 2 is 2.13 bits per heavy atom. The number of esters is 1. The number of nitrogens with zero attached hydrogens (tertiary/aromatic N) is 1. The topological polar surface area (TPSA) is 89.7 Å². The Balaban J connectivity index is 3.13. The number of rotatable bonds is 3. The molecule has 6 heteroatoms. The summed E-state index contributed by atoms with van der Waals surface area (Å²) in [6.07, 6.45) is -1.63. The molecule has 0 radical (unpaired) electrons. The molecule has 15 heavy (non-hydrogen) atoms. The molecule has 0 amide bonds. The van der Waals surface area contributed by atoms with E-state index < -0.39 is 17.0 Å². The third kappa shape index (κ3) is 2.29. The zero-order valence-electron chi connectivity index (χ0n) is 7.91. The van der Waals surface area contributed by atoms with Crippen LogP contribution in [0.1, 0.15) is 11.7 Å². The molecule has 0 aliphatic carbocycles. The van der Waals surface area contributed by atoms with E-state index in [2.05, 4.69) is 4.74 Å². The Bertz CT molecular complexity index is 390. The van der Waals surface area contributed by atoms with Crippen LogP contribution in [-0.2, 0) is 9.53 Å². The molecule has 0 spiro atoms. The van der Waals surface area contributed by atoms with E-state index in [1.54, 1.807) is 0 Å². The maximum absolute atomic E-state index is 11.0. The van der Waals surface area contributed by atoms with E-state index in [9.17, 15) is 20.0 Å². The molecule has 1 N–H and O–H groups in total. The van der Waals surface area contributed by atoms with Crippen LogP contribution in [-0.4, -0.2) is 23.1 Å². The Morgan fingerprint density at radius 1 is 1.53 bits per heavy atom. The second-order valence-electron chi connectivity index (χ2n) is 2.74. The van der Waals surface area contributed by atoms with Gasteiger partial charge in [0.15, 0.2) is 6.10 Å². The molecule has 0 saturated heterocycles. The molecule has 1 aromatic carbocycles. The minimum atomic E-state index is -1.63. The quantitative estimate of drug-likeness (QED) is 0.453. The van der Waals surface area contributed by atoms with Gasteiger partial charge in [0.05, 0.1) is 17.6 Å². The predicted molar refractivity (Wildman–Crippen MR) is 50.1 cm³/mol. The van der Waals surface area contributed by atoms with Crippen molar-refractivity contribution in [3.63, 3.8) is 0 Å². The Morgan fingerprint density at radius 3 is 2.67 bits per heavy atom. The second-order valence-corrected chi connectivity index (χ2v) is 2.74. The van der Waals surface area contributed by atoms with Crippen molar-refractivity contribution in [1.29, 1.82) is 0 Å². The molecule has 6 nitrogen and oxygen atoms in total. The van der Waals surface area contributed by atoms with E-state index in [1.165, 1.54) is 24.3 Å². The maximum Gasteiger partial charge on any atom is 0.339 e. The average molecular weight is 211 g/mol. The minimum absolute atomic E-state index is 0.0747. The molecule has 0 heterocycles. The number of nitro groups is 1. The number of methoxy groups -OCH3 is 1. The summed E-state index contributed by atoms with van der Waals surface area (Å²) < 4.78 is 4.29. The van der Waals surface area contributed by atoms with E-state index in [4.69, 9.17) is 0 Å². The third-order valence-electron chi connectivity index (χ3n) is 1.85. The van der Waals surface area contributed by atoms with Gasteiger partial charge in [-0.15, -0.1) is 0 Å². The fraction of sp³-hybridized carbons (Fsp3) is 0.222. The molecule has 1 atom stereocenters. The summed E-state index contributed by atoms with van der Waals surface area (Å²) in [7, 11) is 1.10. The van der Waals surface area contributed by atoms with Gasteiger partial charge in [-0.25, -0.2) is 4.79 Å². The number of aliphatic hydroxyl groups excluding tert-OH is 1. The first-order chi connectivity index (χ1) is 7.07. The molecule has 80 valence electrons. The van der Waals surface area contributed by atoms with Gasteiger partial charge in [-0.1, -0.05) is 12.1 Å². The first-order valence-electron chi connectivity index (χ1n) is 4.07. The van der Waals surface area contributed by atoms with Crippen molar-refractivity contribution in [2.75, 3.05) is 7.11 Å². The van der Waals surface area contributed by atoms with Crippen molar-refractivity contribution >= 4 is 11.7 Å². The molecule has 0 aliphatic heterocycles. The fourth-order valence-electron chi connectivity index (χ4n) is 1.12. The molecule has 1 rings (SSSR count). The molecular weight excluding hydrogens is 202 g/mol. The lowest BCUT2D eigenvalue weighted by Crippen LogP contribution is -2.14. The molecule has 0 aromatic heterocycles. The first-order valence-corrected chi connectivity index (χ1v) is 4.07. The smallest absolute Gasteiger partial charge is 0.339 e. The third-order valence-corrected chi connectivity index (χ3v) is 1.85.